The molecule has 1 saturated heterocycles. The van der Waals surface area contributed by atoms with E-state index in [0.717, 1.165) is 57.3 Å². The summed E-state index contributed by atoms with van der Waals surface area (Å²) in [6.45, 7) is 3.75. The summed E-state index contributed by atoms with van der Waals surface area (Å²) in [5.41, 5.74) is 2.47. The third kappa shape index (κ3) is 2.95. The highest BCUT2D eigenvalue weighted by Crippen LogP contribution is 2.50. The van der Waals surface area contributed by atoms with Crippen LogP contribution in [0.15, 0.2) is 23.8 Å². The highest BCUT2D eigenvalue weighted by atomic mass is 19.1. The van der Waals surface area contributed by atoms with Gasteiger partial charge >= 0.3 is 0 Å². The summed E-state index contributed by atoms with van der Waals surface area (Å²) in [6, 6.07) is 3.72. The van der Waals surface area contributed by atoms with Crippen molar-refractivity contribution in [2.75, 3.05) is 19.8 Å². The molecule has 1 spiro atoms. The Morgan fingerprint density at radius 2 is 1.93 bits per heavy atom. The van der Waals surface area contributed by atoms with Crippen LogP contribution in [0.3, 0.4) is 0 Å². The zero-order valence-corrected chi connectivity index (χ0v) is 15.8. The second-order valence-electron chi connectivity index (χ2n) is 8.08. The fourth-order valence-electron chi connectivity index (χ4n) is 5.27. The number of fused-ring (bicyclic) bond motifs is 3. The molecule has 0 amide bonds. The van der Waals surface area contributed by atoms with Crippen molar-refractivity contribution in [3.05, 3.63) is 35.2 Å². The third-order valence-corrected chi connectivity index (χ3v) is 6.65. The first-order chi connectivity index (χ1) is 13.2. The van der Waals surface area contributed by atoms with Crippen LogP contribution in [0.2, 0.25) is 0 Å². The number of rotatable bonds is 3. The number of allylic oxidation sites excluding steroid dienone is 1. The van der Waals surface area contributed by atoms with Gasteiger partial charge in [-0.1, -0.05) is 11.6 Å². The largest absolute Gasteiger partial charge is 0.491 e. The first-order valence-electron chi connectivity index (χ1n) is 10.3. The molecular formula is C22H27FO4. The average Bonchev–Trinajstić information content (AvgIpc) is 3.29. The second-order valence-corrected chi connectivity index (χ2v) is 8.08. The molecule has 27 heavy (non-hydrogen) atoms. The van der Waals surface area contributed by atoms with E-state index < -0.39 is 0 Å². The minimum atomic E-state index is -0.353. The summed E-state index contributed by atoms with van der Waals surface area (Å²) in [5.74, 6) is 0.837. The van der Waals surface area contributed by atoms with E-state index in [9.17, 15) is 4.39 Å². The average molecular weight is 374 g/mol. The molecule has 2 atom stereocenters. The summed E-state index contributed by atoms with van der Waals surface area (Å²) in [4.78, 5) is 0. The van der Waals surface area contributed by atoms with Crippen LogP contribution < -0.4 is 9.47 Å². The summed E-state index contributed by atoms with van der Waals surface area (Å²) >= 11 is 0. The van der Waals surface area contributed by atoms with Crippen molar-refractivity contribution >= 4 is 0 Å². The minimum absolute atomic E-state index is 0.0509. The fraction of sp³-hybridized carbons (Fsp3) is 0.636. The lowest BCUT2D eigenvalue weighted by Crippen LogP contribution is -2.36. The van der Waals surface area contributed by atoms with E-state index in [0.29, 0.717) is 18.3 Å². The summed E-state index contributed by atoms with van der Waals surface area (Å²) in [7, 11) is 0. The predicted molar refractivity (Wildman–Crippen MR) is 98.6 cm³/mol. The van der Waals surface area contributed by atoms with Gasteiger partial charge in [-0.05, 0) is 50.7 Å². The molecule has 4 nitrogen and oxygen atoms in total. The lowest BCUT2D eigenvalue weighted by atomic mass is 9.74. The van der Waals surface area contributed by atoms with Crippen LogP contribution in [-0.2, 0) is 9.47 Å². The maximum Gasteiger partial charge on any atom is 0.207 e. The van der Waals surface area contributed by atoms with Crippen molar-refractivity contribution in [2.45, 2.75) is 63.3 Å². The number of halogens is 1. The van der Waals surface area contributed by atoms with Gasteiger partial charge in [0.15, 0.2) is 17.3 Å². The first kappa shape index (κ1) is 17.5. The van der Waals surface area contributed by atoms with Gasteiger partial charge in [-0.2, -0.15) is 4.39 Å². The Balaban J connectivity index is 1.32. The quantitative estimate of drug-likeness (QED) is 0.717. The van der Waals surface area contributed by atoms with Gasteiger partial charge in [-0.3, -0.25) is 0 Å². The molecule has 2 aliphatic heterocycles. The van der Waals surface area contributed by atoms with E-state index in [1.54, 1.807) is 6.07 Å². The molecule has 5 heteroatoms. The predicted octanol–water partition coefficient (Wildman–Crippen LogP) is 4.72. The van der Waals surface area contributed by atoms with Gasteiger partial charge in [0.25, 0.3) is 0 Å². The van der Waals surface area contributed by atoms with Gasteiger partial charge < -0.3 is 18.9 Å². The van der Waals surface area contributed by atoms with Crippen molar-refractivity contribution < 1.29 is 23.3 Å². The number of ether oxygens (including phenoxy) is 4. The van der Waals surface area contributed by atoms with Crippen molar-refractivity contribution in [2.24, 2.45) is 5.92 Å². The van der Waals surface area contributed by atoms with Gasteiger partial charge in [0.2, 0.25) is 5.82 Å². The van der Waals surface area contributed by atoms with E-state index in [1.807, 2.05) is 13.0 Å². The summed E-state index contributed by atoms with van der Waals surface area (Å²) in [5, 5.41) is 0. The van der Waals surface area contributed by atoms with Gasteiger partial charge in [0.1, 0.15) is 6.10 Å². The Bertz CT molecular complexity index is 743. The summed E-state index contributed by atoms with van der Waals surface area (Å²) in [6.07, 6.45) is 8.44. The molecule has 5 rings (SSSR count). The Kier molecular flexibility index (Phi) is 4.40. The number of hydrogen-bond donors (Lipinski definition) is 0. The standard InChI is InChI=1S/C22H27FO4/c1-2-24-18-6-5-17-16-4-3-15(13-19(16)27-21(17)20(18)23)14-7-9-22(10-8-14)25-11-12-26-22/h5-6,13-14,16,19H,2-4,7-12H2,1H3/t16-,19+/m0/s1. The maximum atomic E-state index is 14.7. The molecule has 0 unspecified atom stereocenters. The molecular weight excluding hydrogens is 347 g/mol. The monoisotopic (exact) mass is 374 g/mol. The van der Waals surface area contributed by atoms with Gasteiger partial charge in [0, 0.05) is 24.3 Å². The van der Waals surface area contributed by atoms with E-state index in [1.165, 1.54) is 5.57 Å². The molecule has 146 valence electrons. The van der Waals surface area contributed by atoms with Gasteiger partial charge in [-0.25, -0.2) is 0 Å². The zero-order valence-electron chi connectivity index (χ0n) is 15.8. The Morgan fingerprint density at radius 3 is 2.67 bits per heavy atom. The minimum Gasteiger partial charge on any atom is -0.491 e. The van der Waals surface area contributed by atoms with E-state index in [-0.39, 0.29) is 29.4 Å². The molecule has 1 aromatic carbocycles. The summed E-state index contributed by atoms with van der Waals surface area (Å²) < 4.78 is 37.9. The molecule has 0 N–H and O–H groups in total. The van der Waals surface area contributed by atoms with Crippen LogP contribution in [0.5, 0.6) is 11.5 Å². The molecule has 4 aliphatic rings. The van der Waals surface area contributed by atoms with Crippen LogP contribution in [0.4, 0.5) is 4.39 Å². The van der Waals surface area contributed by atoms with Crippen LogP contribution in [0, 0.1) is 11.7 Å². The van der Waals surface area contributed by atoms with E-state index in [2.05, 4.69) is 6.08 Å². The molecule has 2 heterocycles. The Morgan fingerprint density at radius 1 is 1.15 bits per heavy atom. The fourth-order valence-corrected chi connectivity index (χ4v) is 5.27. The third-order valence-electron chi connectivity index (χ3n) is 6.65. The molecule has 0 radical (unpaired) electrons. The topological polar surface area (TPSA) is 36.9 Å². The van der Waals surface area contributed by atoms with Crippen LogP contribution in [0.25, 0.3) is 0 Å². The van der Waals surface area contributed by atoms with Crippen molar-refractivity contribution in [3.8, 4) is 11.5 Å². The van der Waals surface area contributed by atoms with Crippen molar-refractivity contribution in [3.63, 3.8) is 0 Å². The smallest absolute Gasteiger partial charge is 0.207 e. The maximum absolute atomic E-state index is 14.7. The normalized spacial score (nSPS) is 29.2. The zero-order chi connectivity index (χ0) is 18.4. The molecule has 0 bridgehead atoms. The Hall–Kier alpha value is -1.59. The molecule has 0 aromatic heterocycles. The lowest BCUT2D eigenvalue weighted by Gasteiger charge is -2.37. The SMILES string of the molecule is CCOc1ccc2c(c1F)O[C@@H]1C=C(C3CCC4(CC3)OCCO4)CC[C@@H]21. The molecule has 1 aromatic rings. The first-order valence-corrected chi connectivity index (χ1v) is 10.3. The highest BCUT2D eigenvalue weighted by molar-refractivity contribution is 5.49. The van der Waals surface area contributed by atoms with E-state index in [4.69, 9.17) is 18.9 Å². The van der Waals surface area contributed by atoms with Crippen LogP contribution in [0.1, 0.15) is 56.9 Å². The van der Waals surface area contributed by atoms with Crippen LogP contribution >= 0.6 is 0 Å². The van der Waals surface area contributed by atoms with Gasteiger partial charge in [0.05, 0.1) is 19.8 Å². The van der Waals surface area contributed by atoms with Gasteiger partial charge in [-0.15, -0.1) is 0 Å². The number of hydrogen-bond acceptors (Lipinski definition) is 4. The number of benzene rings is 1. The van der Waals surface area contributed by atoms with E-state index >= 15 is 0 Å². The lowest BCUT2D eigenvalue weighted by molar-refractivity contribution is -0.180. The highest BCUT2D eigenvalue weighted by Gasteiger charge is 2.43. The van der Waals surface area contributed by atoms with Crippen LogP contribution in [-0.4, -0.2) is 31.7 Å². The second kappa shape index (κ2) is 6.78. The molecule has 2 aliphatic carbocycles. The molecule has 1 saturated carbocycles. The van der Waals surface area contributed by atoms with Crippen molar-refractivity contribution in [1.82, 2.24) is 0 Å². The van der Waals surface area contributed by atoms with Crippen molar-refractivity contribution in [1.29, 1.82) is 0 Å². The molecule has 2 fully saturated rings. The Labute approximate surface area is 159 Å².